The van der Waals surface area contributed by atoms with Crippen molar-refractivity contribution in [2.75, 3.05) is 18.5 Å². The summed E-state index contributed by atoms with van der Waals surface area (Å²) in [5.74, 6) is -0.495. The summed E-state index contributed by atoms with van der Waals surface area (Å²) in [5.41, 5.74) is 0.930. The van der Waals surface area contributed by atoms with Crippen molar-refractivity contribution in [1.29, 1.82) is 0 Å². The van der Waals surface area contributed by atoms with Crippen molar-refractivity contribution in [2.45, 2.75) is 19.4 Å². The maximum atomic E-state index is 11.3. The summed E-state index contributed by atoms with van der Waals surface area (Å²) in [6.07, 6.45) is 1.02. The third kappa shape index (κ3) is 2.84. The molecule has 0 amide bonds. The van der Waals surface area contributed by atoms with E-state index in [2.05, 4.69) is 28.2 Å². The molecule has 98 valence electrons. The first-order valence-corrected chi connectivity index (χ1v) is 6.75. The van der Waals surface area contributed by atoms with Crippen LogP contribution in [0.2, 0.25) is 0 Å². The minimum Gasteiger partial charge on any atom is -0.478 e. The van der Waals surface area contributed by atoms with Gasteiger partial charge in [0.15, 0.2) is 0 Å². The third-order valence-corrected chi connectivity index (χ3v) is 3.94. The molecule has 1 aromatic rings. The highest BCUT2D eigenvalue weighted by Gasteiger charge is 2.24. The maximum Gasteiger partial charge on any atom is 0.338 e. The Hall–Kier alpha value is -1.07. The van der Waals surface area contributed by atoms with Crippen LogP contribution in [-0.4, -0.2) is 30.3 Å². The molecule has 0 spiro atoms. The number of carboxylic acid groups (broad SMARTS) is 1. The number of anilines is 1. The number of hydrogen-bond acceptors (Lipinski definition) is 3. The van der Waals surface area contributed by atoms with E-state index in [4.69, 9.17) is 4.74 Å². The van der Waals surface area contributed by atoms with Gasteiger partial charge in [0.1, 0.15) is 0 Å². The van der Waals surface area contributed by atoms with Gasteiger partial charge in [-0.05, 0) is 41.4 Å². The van der Waals surface area contributed by atoms with Gasteiger partial charge in [-0.2, -0.15) is 0 Å². The van der Waals surface area contributed by atoms with Gasteiger partial charge in [-0.3, -0.25) is 0 Å². The number of benzene rings is 1. The van der Waals surface area contributed by atoms with Crippen molar-refractivity contribution >= 4 is 27.6 Å². The SMILES string of the molecule is CC(Nc1cccc(Br)c1C(=O)O)C1CCOC1. The zero-order valence-corrected chi connectivity index (χ0v) is 11.7. The highest BCUT2D eigenvalue weighted by Crippen LogP contribution is 2.27. The summed E-state index contributed by atoms with van der Waals surface area (Å²) in [6.45, 7) is 3.59. The van der Waals surface area contributed by atoms with E-state index < -0.39 is 5.97 Å². The summed E-state index contributed by atoms with van der Waals surface area (Å²) in [4.78, 5) is 11.3. The number of nitrogens with one attached hydrogen (secondary N) is 1. The molecule has 0 bridgehead atoms. The van der Waals surface area contributed by atoms with E-state index in [1.165, 1.54) is 0 Å². The first kappa shape index (κ1) is 13.4. The quantitative estimate of drug-likeness (QED) is 0.897. The lowest BCUT2D eigenvalue weighted by Crippen LogP contribution is -2.27. The molecule has 18 heavy (non-hydrogen) atoms. The van der Waals surface area contributed by atoms with Crippen molar-refractivity contribution in [2.24, 2.45) is 5.92 Å². The van der Waals surface area contributed by atoms with Crippen LogP contribution in [0.3, 0.4) is 0 Å². The van der Waals surface area contributed by atoms with Crippen LogP contribution < -0.4 is 5.32 Å². The Morgan fingerprint density at radius 1 is 1.61 bits per heavy atom. The molecule has 0 aliphatic carbocycles. The number of carboxylic acids is 1. The molecule has 0 radical (unpaired) electrons. The zero-order valence-electron chi connectivity index (χ0n) is 10.1. The summed E-state index contributed by atoms with van der Waals surface area (Å²) in [6, 6.07) is 5.55. The number of ether oxygens (including phenoxy) is 1. The molecule has 1 aliphatic heterocycles. The lowest BCUT2D eigenvalue weighted by molar-refractivity contribution is 0.0697. The molecule has 1 fully saturated rings. The zero-order chi connectivity index (χ0) is 13.1. The largest absolute Gasteiger partial charge is 0.478 e. The fourth-order valence-corrected chi connectivity index (χ4v) is 2.71. The van der Waals surface area contributed by atoms with Crippen LogP contribution in [-0.2, 0) is 4.74 Å². The molecular weight excluding hydrogens is 298 g/mol. The van der Waals surface area contributed by atoms with Crippen LogP contribution in [0.15, 0.2) is 22.7 Å². The normalized spacial score (nSPS) is 20.7. The van der Waals surface area contributed by atoms with Crippen molar-refractivity contribution < 1.29 is 14.6 Å². The molecule has 1 saturated heterocycles. The highest BCUT2D eigenvalue weighted by atomic mass is 79.9. The first-order chi connectivity index (χ1) is 8.59. The molecule has 2 N–H and O–H groups in total. The Balaban J connectivity index is 2.17. The van der Waals surface area contributed by atoms with E-state index in [0.717, 1.165) is 19.6 Å². The van der Waals surface area contributed by atoms with Gasteiger partial charge < -0.3 is 15.2 Å². The number of carbonyl (C=O) groups is 1. The lowest BCUT2D eigenvalue weighted by atomic mass is 10.00. The Bertz CT molecular complexity index is 444. The molecule has 1 aliphatic rings. The molecule has 2 unspecified atom stereocenters. The van der Waals surface area contributed by atoms with E-state index in [1.54, 1.807) is 12.1 Å². The van der Waals surface area contributed by atoms with Gasteiger partial charge in [0.2, 0.25) is 0 Å². The van der Waals surface area contributed by atoms with Crippen LogP contribution in [0.4, 0.5) is 5.69 Å². The Labute approximate surface area is 114 Å². The van der Waals surface area contributed by atoms with Crippen molar-refractivity contribution in [3.05, 3.63) is 28.2 Å². The summed E-state index contributed by atoms with van der Waals surface area (Å²) in [5, 5.41) is 12.5. The van der Waals surface area contributed by atoms with Gasteiger partial charge in [0.05, 0.1) is 17.9 Å². The Kier molecular flexibility index (Phi) is 4.24. The van der Waals surface area contributed by atoms with Crippen molar-refractivity contribution in [3.8, 4) is 0 Å². The average molecular weight is 314 g/mol. The number of hydrogen-bond donors (Lipinski definition) is 2. The summed E-state index contributed by atoms with van der Waals surface area (Å²) >= 11 is 3.28. The molecule has 1 aromatic carbocycles. The second kappa shape index (κ2) is 5.71. The molecule has 1 heterocycles. The predicted octanol–water partition coefficient (Wildman–Crippen LogP) is 2.98. The fraction of sp³-hybridized carbons (Fsp3) is 0.462. The van der Waals surface area contributed by atoms with E-state index in [0.29, 0.717) is 16.1 Å². The van der Waals surface area contributed by atoms with Gasteiger partial charge in [-0.15, -0.1) is 0 Å². The van der Waals surface area contributed by atoms with E-state index in [9.17, 15) is 9.90 Å². The fourth-order valence-electron chi connectivity index (χ4n) is 2.17. The molecule has 4 nitrogen and oxygen atoms in total. The smallest absolute Gasteiger partial charge is 0.338 e. The standard InChI is InChI=1S/C13H16BrNO3/c1-8(9-5-6-18-7-9)15-11-4-2-3-10(14)12(11)13(16)17/h2-4,8-9,15H,5-7H2,1H3,(H,16,17). The van der Waals surface area contributed by atoms with Crippen LogP contribution in [0.1, 0.15) is 23.7 Å². The topological polar surface area (TPSA) is 58.6 Å². The number of rotatable bonds is 4. The van der Waals surface area contributed by atoms with Crippen molar-refractivity contribution in [3.63, 3.8) is 0 Å². The minimum absolute atomic E-state index is 0.194. The average Bonchev–Trinajstić information content (AvgIpc) is 2.81. The molecule has 2 atom stereocenters. The number of halogens is 1. The van der Waals surface area contributed by atoms with E-state index >= 15 is 0 Å². The molecule has 5 heteroatoms. The number of aromatic carboxylic acids is 1. The van der Waals surface area contributed by atoms with Crippen LogP contribution in [0, 0.1) is 5.92 Å². The van der Waals surface area contributed by atoms with E-state index in [1.807, 2.05) is 6.07 Å². The molecular formula is C13H16BrNO3. The maximum absolute atomic E-state index is 11.3. The minimum atomic E-state index is -0.931. The highest BCUT2D eigenvalue weighted by molar-refractivity contribution is 9.10. The summed E-state index contributed by atoms with van der Waals surface area (Å²) < 4.78 is 5.94. The predicted molar refractivity (Wildman–Crippen MR) is 73.1 cm³/mol. The van der Waals surface area contributed by atoms with E-state index in [-0.39, 0.29) is 11.6 Å². The molecule has 0 aromatic heterocycles. The van der Waals surface area contributed by atoms with Gasteiger partial charge in [0.25, 0.3) is 0 Å². The van der Waals surface area contributed by atoms with Crippen molar-refractivity contribution in [1.82, 2.24) is 0 Å². The van der Waals surface area contributed by atoms with Crippen LogP contribution in [0.25, 0.3) is 0 Å². The van der Waals surface area contributed by atoms with Gasteiger partial charge in [-0.25, -0.2) is 4.79 Å². The monoisotopic (exact) mass is 313 g/mol. The van der Waals surface area contributed by atoms with Gasteiger partial charge in [0, 0.05) is 23.0 Å². The first-order valence-electron chi connectivity index (χ1n) is 5.95. The Morgan fingerprint density at radius 3 is 3.00 bits per heavy atom. The summed E-state index contributed by atoms with van der Waals surface area (Å²) in [7, 11) is 0. The van der Waals surface area contributed by atoms with Gasteiger partial charge in [-0.1, -0.05) is 6.07 Å². The second-order valence-electron chi connectivity index (χ2n) is 4.52. The van der Waals surface area contributed by atoms with Gasteiger partial charge >= 0.3 is 5.97 Å². The third-order valence-electron chi connectivity index (χ3n) is 3.28. The molecule has 2 rings (SSSR count). The van der Waals surface area contributed by atoms with Crippen LogP contribution in [0.5, 0.6) is 0 Å². The lowest BCUT2D eigenvalue weighted by Gasteiger charge is -2.21. The Morgan fingerprint density at radius 2 is 2.39 bits per heavy atom. The van der Waals surface area contributed by atoms with Crippen LogP contribution >= 0.6 is 15.9 Å². The molecule has 0 saturated carbocycles. The second-order valence-corrected chi connectivity index (χ2v) is 5.38.